The third-order valence-corrected chi connectivity index (χ3v) is 3.53. The molecule has 4 nitrogen and oxygen atoms in total. The Bertz CT molecular complexity index is 423. The van der Waals surface area contributed by atoms with Crippen LogP contribution >= 0.6 is 12.2 Å². The number of nitrogens with zero attached hydrogens (tertiary/aromatic N) is 1. The van der Waals surface area contributed by atoms with Crippen molar-refractivity contribution in [3.63, 3.8) is 0 Å². The highest BCUT2D eigenvalue weighted by Crippen LogP contribution is 2.13. The lowest BCUT2D eigenvalue weighted by molar-refractivity contribution is 0.0920. The van der Waals surface area contributed by atoms with Crippen molar-refractivity contribution in [1.29, 1.82) is 0 Å². The van der Waals surface area contributed by atoms with E-state index < -0.39 is 0 Å². The van der Waals surface area contributed by atoms with Crippen molar-refractivity contribution >= 4 is 17.2 Å². The first kappa shape index (κ1) is 17.9. The van der Waals surface area contributed by atoms with Gasteiger partial charge >= 0.3 is 0 Å². The van der Waals surface area contributed by atoms with E-state index in [1.54, 1.807) is 7.11 Å². The number of ether oxygens (including phenoxy) is 2. The molecule has 5 heteroatoms. The Labute approximate surface area is 133 Å². The first-order valence-electron chi connectivity index (χ1n) is 7.29. The zero-order valence-electron chi connectivity index (χ0n) is 13.2. The summed E-state index contributed by atoms with van der Waals surface area (Å²) in [6.45, 7) is 7.59. The molecule has 118 valence electrons. The Balaban J connectivity index is 2.39. The molecular weight excluding hydrogens is 284 g/mol. The van der Waals surface area contributed by atoms with Gasteiger partial charge in [-0.2, -0.15) is 0 Å². The minimum absolute atomic E-state index is 0.400. The van der Waals surface area contributed by atoms with E-state index in [-0.39, 0.29) is 0 Å². The second kappa shape index (κ2) is 9.71. The summed E-state index contributed by atoms with van der Waals surface area (Å²) in [5.41, 5.74) is 6.64. The summed E-state index contributed by atoms with van der Waals surface area (Å²) in [7, 11) is 1.73. The van der Waals surface area contributed by atoms with Gasteiger partial charge in [0, 0.05) is 26.1 Å². The van der Waals surface area contributed by atoms with Crippen LogP contribution in [0.4, 0.5) is 0 Å². The van der Waals surface area contributed by atoms with E-state index in [1.807, 2.05) is 24.3 Å². The summed E-state index contributed by atoms with van der Waals surface area (Å²) in [6, 6.07) is 8.32. The average Bonchev–Trinajstić information content (AvgIpc) is 2.45. The Morgan fingerprint density at radius 3 is 2.52 bits per heavy atom. The van der Waals surface area contributed by atoms with Gasteiger partial charge in [0.15, 0.2) is 0 Å². The Morgan fingerprint density at radius 2 is 2.00 bits per heavy atom. The predicted octanol–water partition coefficient (Wildman–Crippen LogP) is 2.25. The molecule has 1 rings (SSSR count). The fraction of sp³-hybridized carbons (Fsp3) is 0.562. The summed E-state index contributed by atoms with van der Waals surface area (Å²) in [4.78, 5) is 2.85. The maximum Gasteiger partial charge on any atom is 0.119 e. The zero-order valence-corrected chi connectivity index (χ0v) is 14.0. The monoisotopic (exact) mass is 310 g/mol. The van der Waals surface area contributed by atoms with Crippen LogP contribution in [0, 0.1) is 0 Å². The van der Waals surface area contributed by atoms with Crippen LogP contribution in [-0.2, 0) is 11.2 Å². The lowest BCUT2D eigenvalue weighted by Gasteiger charge is -2.27. The van der Waals surface area contributed by atoms with E-state index in [1.165, 1.54) is 0 Å². The molecule has 0 aliphatic rings. The van der Waals surface area contributed by atoms with Crippen LogP contribution in [0.1, 0.15) is 19.4 Å². The lowest BCUT2D eigenvalue weighted by atomic mass is 10.1. The van der Waals surface area contributed by atoms with Crippen molar-refractivity contribution in [3.8, 4) is 5.75 Å². The topological polar surface area (TPSA) is 47.7 Å². The maximum absolute atomic E-state index is 5.78. The first-order valence-corrected chi connectivity index (χ1v) is 7.70. The van der Waals surface area contributed by atoms with Crippen LogP contribution in [0.5, 0.6) is 5.75 Å². The molecule has 1 aromatic rings. The van der Waals surface area contributed by atoms with Crippen molar-refractivity contribution in [2.45, 2.75) is 26.3 Å². The third kappa shape index (κ3) is 6.89. The molecule has 0 spiro atoms. The van der Waals surface area contributed by atoms with Gasteiger partial charge in [-0.1, -0.05) is 31.3 Å². The van der Waals surface area contributed by atoms with Gasteiger partial charge in [0.05, 0.1) is 11.6 Å². The number of likely N-dealkylation sites (N-methyl/N-ethyl adjacent to an activating group) is 1. The van der Waals surface area contributed by atoms with Crippen LogP contribution in [0.15, 0.2) is 24.3 Å². The smallest absolute Gasteiger partial charge is 0.119 e. The number of hydrogen-bond donors (Lipinski definition) is 1. The van der Waals surface area contributed by atoms with E-state index in [0.717, 1.165) is 31.0 Å². The molecule has 1 atom stereocenters. The molecule has 1 unspecified atom stereocenters. The standard InChI is InChI=1S/C16H26N2O2S/c1-4-18(13(2)12-19-3)9-10-20-15-7-5-14(6-8-15)11-16(17)21/h5-8,13H,4,9-12H2,1-3H3,(H2,17,21). The molecule has 0 heterocycles. The van der Waals surface area contributed by atoms with Gasteiger partial charge < -0.3 is 15.2 Å². The van der Waals surface area contributed by atoms with Crippen LogP contribution in [-0.4, -0.2) is 49.3 Å². The lowest BCUT2D eigenvalue weighted by Crippen LogP contribution is -2.38. The molecule has 2 N–H and O–H groups in total. The van der Waals surface area contributed by atoms with Gasteiger partial charge in [0.25, 0.3) is 0 Å². The predicted molar refractivity (Wildman–Crippen MR) is 91.0 cm³/mol. The number of rotatable bonds is 10. The maximum atomic E-state index is 5.78. The van der Waals surface area contributed by atoms with E-state index in [9.17, 15) is 0 Å². The van der Waals surface area contributed by atoms with Gasteiger partial charge in [-0.25, -0.2) is 0 Å². The van der Waals surface area contributed by atoms with Gasteiger partial charge in [-0.05, 0) is 31.2 Å². The van der Waals surface area contributed by atoms with Gasteiger partial charge in [0.2, 0.25) is 0 Å². The van der Waals surface area contributed by atoms with Gasteiger partial charge in [-0.15, -0.1) is 0 Å². The van der Waals surface area contributed by atoms with E-state index in [2.05, 4.69) is 18.7 Å². The number of methoxy groups -OCH3 is 1. The normalized spacial score (nSPS) is 12.4. The highest BCUT2D eigenvalue weighted by molar-refractivity contribution is 7.80. The van der Waals surface area contributed by atoms with E-state index in [4.69, 9.17) is 27.4 Å². The zero-order chi connectivity index (χ0) is 15.7. The van der Waals surface area contributed by atoms with Gasteiger partial charge in [0.1, 0.15) is 12.4 Å². The summed E-state index contributed by atoms with van der Waals surface area (Å²) < 4.78 is 11.0. The average molecular weight is 310 g/mol. The van der Waals surface area contributed by atoms with E-state index in [0.29, 0.717) is 24.1 Å². The quantitative estimate of drug-likeness (QED) is 0.672. The summed E-state index contributed by atoms with van der Waals surface area (Å²) >= 11 is 4.90. The molecule has 0 saturated heterocycles. The highest BCUT2D eigenvalue weighted by atomic mass is 32.1. The van der Waals surface area contributed by atoms with Crippen LogP contribution in [0.2, 0.25) is 0 Å². The van der Waals surface area contributed by atoms with Crippen molar-refractivity contribution in [1.82, 2.24) is 4.90 Å². The van der Waals surface area contributed by atoms with Crippen LogP contribution < -0.4 is 10.5 Å². The molecule has 0 fully saturated rings. The van der Waals surface area contributed by atoms with Crippen molar-refractivity contribution in [2.24, 2.45) is 5.73 Å². The summed E-state index contributed by atoms with van der Waals surface area (Å²) in [5, 5.41) is 0. The summed E-state index contributed by atoms with van der Waals surface area (Å²) in [5.74, 6) is 0.872. The Hall–Kier alpha value is -1.17. The van der Waals surface area contributed by atoms with Crippen LogP contribution in [0.3, 0.4) is 0 Å². The fourth-order valence-electron chi connectivity index (χ4n) is 2.22. The molecule has 0 aliphatic carbocycles. The Kier molecular flexibility index (Phi) is 8.27. The molecule has 0 aromatic heterocycles. The SMILES string of the molecule is CCN(CCOc1ccc(CC(N)=S)cc1)C(C)COC. The molecule has 0 amide bonds. The Morgan fingerprint density at radius 1 is 1.33 bits per heavy atom. The van der Waals surface area contributed by atoms with Crippen molar-refractivity contribution < 1.29 is 9.47 Å². The molecule has 0 radical (unpaired) electrons. The number of hydrogen-bond acceptors (Lipinski definition) is 4. The van der Waals surface area contributed by atoms with Crippen molar-refractivity contribution in [3.05, 3.63) is 29.8 Å². The number of benzene rings is 1. The van der Waals surface area contributed by atoms with Crippen LogP contribution in [0.25, 0.3) is 0 Å². The molecule has 0 aliphatic heterocycles. The second-order valence-corrected chi connectivity index (χ2v) is 5.59. The largest absolute Gasteiger partial charge is 0.492 e. The third-order valence-electron chi connectivity index (χ3n) is 3.39. The summed E-state index contributed by atoms with van der Waals surface area (Å²) in [6.07, 6.45) is 0.633. The van der Waals surface area contributed by atoms with Gasteiger partial charge in [-0.3, -0.25) is 4.90 Å². The highest BCUT2D eigenvalue weighted by Gasteiger charge is 2.11. The number of thiocarbonyl (C=S) groups is 1. The molecule has 1 aromatic carbocycles. The second-order valence-electron chi connectivity index (χ2n) is 5.07. The molecule has 21 heavy (non-hydrogen) atoms. The fourth-order valence-corrected chi connectivity index (χ4v) is 2.39. The minimum atomic E-state index is 0.400. The minimum Gasteiger partial charge on any atom is -0.492 e. The number of nitrogens with two attached hydrogens (primary N) is 1. The molecule has 0 bridgehead atoms. The molecular formula is C16H26N2O2S. The molecule has 0 saturated carbocycles. The van der Waals surface area contributed by atoms with E-state index >= 15 is 0 Å². The van der Waals surface area contributed by atoms with Crippen molar-refractivity contribution in [2.75, 3.05) is 33.4 Å². The first-order chi connectivity index (χ1) is 10.1.